The molecule has 2 rings (SSSR count). The quantitative estimate of drug-likeness (QED) is 0.146. The topological polar surface area (TPSA) is 115 Å². The number of allylic oxidation sites excluding steroid dienone is 6. The number of hydrogen-bond acceptors (Lipinski definition) is 3. The Labute approximate surface area is 174 Å². The monoisotopic (exact) mass is 396 g/mol. The highest BCUT2D eigenvalue weighted by Gasteiger charge is 1.94. The summed E-state index contributed by atoms with van der Waals surface area (Å²) in [6.45, 7) is 3.81. The van der Waals surface area contributed by atoms with Crippen molar-refractivity contribution in [2.75, 3.05) is 0 Å². The SMILES string of the molecule is CC(C=CC(=O)C=CC(C)=Cc1ccc(N=[N+]=[N-])cc1)=Cc1ccc(N=[N+]=[N-])cc1. The predicted molar refractivity (Wildman–Crippen MR) is 121 cm³/mol. The van der Waals surface area contributed by atoms with E-state index in [4.69, 9.17) is 11.1 Å². The lowest BCUT2D eigenvalue weighted by Gasteiger charge is -1.97. The molecule has 0 spiro atoms. The van der Waals surface area contributed by atoms with Crippen LogP contribution in [0.15, 0.2) is 94.2 Å². The molecule has 0 aliphatic carbocycles. The van der Waals surface area contributed by atoms with Crippen LogP contribution in [0.4, 0.5) is 11.4 Å². The van der Waals surface area contributed by atoms with Crippen LogP contribution in [-0.2, 0) is 4.79 Å². The molecule has 7 nitrogen and oxygen atoms in total. The first-order valence-corrected chi connectivity index (χ1v) is 9.07. The van der Waals surface area contributed by atoms with E-state index in [0.29, 0.717) is 11.4 Å². The van der Waals surface area contributed by atoms with Crippen molar-refractivity contribution < 1.29 is 4.79 Å². The summed E-state index contributed by atoms with van der Waals surface area (Å²) in [6, 6.07) is 14.3. The van der Waals surface area contributed by atoms with Gasteiger partial charge in [-0.3, -0.25) is 4.79 Å². The summed E-state index contributed by atoms with van der Waals surface area (Å²) in [5.74, 6) is -0.118. The van der Waals surface area contributed by atoms with Crippen molar-refractivity contribution in [1.29, 1.82) is 0 Å². The molecule has 0 N–H and O–H groups in total. The maximum atomic E-state index is 12.1. The van der Waals surface area contributed by atoms with Crippen molar-refractivity contribution in [2.24, 2.45) is 10.2 Å². The Morgan fingerprint density at radius 2 is 1.07 bits per heavy atom. The number of hydrogen-bond donors (Lipinski definition) is 0. The maximum Gasteiger partial charge on any atom is 0.178 e. The normalized spacial score (nSPS) is 11.9. The van der Waals surface area contributed by atoms with E-state index in [2.05, 4.69) is 20.1 Å². The molecule has 0 saturated heterocycles. The third-order valence-corrected chi connectivity index (χ3v) is 3.92. The minimum Gasteiger partial charge on any atom is -0.290 e. The first kappa shape index (κ1) is 22.0. The van der Waals surface area contributed by atoms with Crippen LogP contribution in [0.25, 0.3) is 33.0 Å². The van der Waals surface area contributed by atoms with E-state index in [1.54, 1.807) is 36.4 Å². The summed E-state index contributed by atoms with van der Waals surface area (Å²) in [6.07, 6.45) is 10.4. The van der Waals surface area contributed by atoms with Gasteiger partial charge in [0.15, 0.2) is 5.78 Å². The molecule has 148 valence electrons. The molecular formula is C23H20N6O. The van der Waals surface area contributed by atoms with Gasteiger partial charge in [0.2, 0.25) is 0 Å². The maximum absolute atomic E-state index is 12.1. The number of benzene rings is 2. The summed E-state index contributed by atoms with van der Waals surface area (Å²) >= 11 is 0. The van der Waals surface area contributed by atoms with Crippen molar-refractivity contribution >= 4 is 29.3 Å². The van der Waals surface area contributed by atoms with Gasteiger partial charge in [-0.05, 0) is 48.2 Å². The van der Waals surface area contributed by atoms with Crippen molar-refractivity contribution in [3.05, 3.63) is 116 Å². The van der Waals surface area contributed by atoms with Crippen molar-refractivity contribution in [2.45, 2.75) is 13.8 Å². The Balaban J connectivity index is 1.97. The average Bonchev–Trinajstić information content (AvgIpc) is 2.74. The number of carbonyl (C=O) groups excluding carboxylic acids is 1. The van der Waals surface area contributed by atoms with Crippen LogP contribution >= 0.6 is 0 Å². The first-order chi connectivity index (χ1) is 14.5. The number of nitrogens with zero attached hydrogens (tertiary/aromatic N) is 6. The molecular weight excluding hydrogens is 376 g/mol. The number of carbonyl (C=O) groups is 1. The lowest BCUT2D eigenvalue weighted by Crippen LogP contribution is -1.86. The van der Waals surface area contributed by atoms with Crippen LogP contribution in [0.3, 0.4) is 0 Å². The fourth-order valence-electron chi connectivity index (χ4n) is 2.48. The van der Waals surface area contributed by atoms with E-state index in [1.807, 2.05) is 50.3 Å². The van der Waals surface area contributed by atoms with Gasteiger partial charge in [0, 0.05) is 21.2 Å². The standard InChI is InChI=1S/C23H20N6O/c1-17(15-19-5-9-21(10-6-19)26-28-24)3-13-23(30)14-4-18(2)16-20-7-11-22(12-8-20)27-29-25/h3-16H,1-2H3. The fourth-order valence-corrected chi connectivity index (χ4v) is 2.48. The van der Waals surface area contributed by atoms with E-state index < -0.39 is 0 Å². The molecule has 0 aromatic heterocycles. The molecule has 0 saturated carbocycles. The van der Waals surface area contributed by atoms with Gasteiger partial charge in [-0.2, -0.15) is 0 Å². The fraction of sp³-hybridized carbons (Fsp3) is 0.0870. The zero-order valence-electron chi connectivity index (χ0n) is 16.7. The molecule has 2 aromatic carbocycles. The van der Waals surface area contributed by atoms with Gasteiger partial charge >= 0.3 is 0 Å². The molecule has 0 atom stereocenters. The Morgan fingerprint density at radius 3 is 1.40 bits per heavy atom. The van der Waals surface area contributed by atoms with Gasteiger partial charge in [-0.1, -0.05) is 94.2 Å². The summed E-state index contributed by atoms with van der Waals surface area (Å²) in [5, 5.41) is 7.06. The Morgan fingerprint density at radius 1 is 0.700 bits per heavy atom. The molecule has 30 heavy (non-hydrogen) atoms. The van der Waals surface area contributed by atoms with Gasteiger partial charge in [0.25, 0.3) is 0 Å². The van der Waals surface area contributed by atoms with Crippen molar-refractivity contribution in [3.63, 3.8) is 0 Å². The minimum atomic E-state index is -0.118. The molecule has 0 aliphatic heterocycles. The smallest absolute Gasteiger partial charge is 0.178 e. The second kappa shape index (κ2) is 11.5. The van der Waals surface area contributed by atoms with E-state index in [0.717, 1.165) is 22.3 Å². The van der Waals surface area contributed by atoms with Crippen LogP contribution in [0.5, 0.6) is 0 Å². The Hall–Kier alpha value is -4.31. The highest BCUT2D eigenvalue weighted by molar-refractivity contribution is 6.00. The summed E-state index contributed by atoms with van der Waals surface area (Å²) in [5.41, 5.74) is 21.7. The van der Waals surface area contributed by atoms with Gasteiger partial charge in [0.1, 0.15) is 0 Å². The van der Waals surface area contributed by atoms with Gasteiger partial charge in [0.05, 0.1) is 0 Å². The number of azide groups is 2. The molecule has 0 aliphatic rings. The Kier molecular flexibility index (Phi) is 8.44. The van der Waals surface area contributed by atoms with Gasteiger partial charge in [-0.25, -0.2) is 0 Å². The average molecular weight is 396 g/mol. The second-order valence-corrected chi connectivity index (χ2v) is 6.41. The second-order valence-electron chi connectivity index (χ2n) is 6.41. The summed E-state index contributed by atoms with van der Waals surface area (Å²) in [7, 11) is 0. The van der Waals surface area contributed by atoms with E-state index >= 15 is 0 Å². The van der Waals surface area contributed by atoms with E-state index in [9.17, 15) is 4.79 Å². The zero-order valence-corrected chi connectivity index (χ0v) is 16.7. The lowest BCUT2D eigenvalue weighted by molar-refractivity contribution is -0.110. The van der Waals surface area contributed by atoms with E-state index in [1.165, 1.54) is 12.2 Å². The Bertz CT molecular complexity index is 1020. The van der Waals surface area contributed by atoms with Crippen LogP contribution in [0.2, 0.25) is 0 Å². The predicted octanol–water partition coefficient (Wildman–Crippen LogP) is 7.76. The van der Waals surface area contributed by atoms with Gasteiger partial charge in [-0.15, -0.1) is 0 Å². The largest absolute Gasteiger partial charge is 0.290 e. The molecule has 0 unspecified atom stereocenters. The van der Waals surface area contributed by atoms with Crippen LogP contribution < -0.4 is 0 Å². The van der Waals surface area contributed by atoms with Crippen LogP contribution in [-0.4, -0.2) is 5.78 Å². The highest BCUT2D eigenvalue weighted by Crippen LogP contribution is 2.16. The number of ketones is 1. The lowest BCUT2D eigenvalue weighted by atomic mass is 10.1. The molecule has 2 aromatic rings. The third kappa shape index (κ3) is 7.74. The van der Waals surface area contributed by atoms with Crippen molar-refractivity contribution in [1.82, 2.24) is 0 Å². The van der Waals surface area contributed by atoms with Crippen LogP contribution in [0.1, 0.15) is 25.0 Å². The van der Waals surface area contributed by atoms with E-state index in [-0.39, 0.29) is 5.78 Å². The first-order valence-electron chi connectivity index (χ1n) is 9.07. The molecule has 0 amide bonds. The zero-order chi connectivity index (χ0) is 21.8. The molecule has 0 fully saturated rings. The molecule has 0 heterocycles. The number of rotatable bonds is 8. The minimum absolute atomic E-state index is 0.118. The summed E-state index contributed by atoms with van der Waals surface area (Å²) < 4.78 is 0. The van der Waals surface area contributed by atoms with Crippen LogP contribution in [0, 0.1) is 0 Å². The van der Waals surface area contributed by atoms with Crippen molar-refractivity contribution in [3.8, 4) is 0 Å². The molecule has 0 radical (unpaired) electrons. The third-order valence-electron chi connectivity index (χ3n) is 3.92. The molecule has 0 bridgehead atoms. The highest BCUT2D eigenvalue weighted by atomic mass is 16.1. The summed E-state index contributed by atoms with van der Waals surface area (Å²) in [4.78, 5) is 17.6. The molecule has 7 heteroatoms. The van der Waals surface area contributed by atoms with Gasteiger partial charge < -0.3 is 0 Å².